The fourth-order valence-corrected chi connectivity index (χ4v) is 3.36. The molecule has 1 aliphatic rings. The molecule has 3 aromatic rings. The Kier molecular flexibility index (Phi) is 4.68. The second kappa shape index (κ2) is 7.13. The number of benzene rings is 2. The van der Waals surface area contributed by atoms with Crippen molar-refractivity contribution < 1.29 is 9.18 Å². The molecule has 2 heterocycles. The average molecular weight is 385 g/mol. The van der Waals surface area contributed by atoms with E-state index in [1.165, 1.54) is 12.1 Å². The van der Waals surface area contributed by atoms with Gasteiger partial charge in [-0.25, -0.2) is 9.07 Å². The molecule has 1 amide bonds. The Morgan fingerprint density at radius 1 is 1.15 bits per heavy atom. The van der Waals surface area contributed by atoms with Gasteiger partial charge in [-0.1, -0.05) is 23.7 Å². The predicted molar refractivity (Wildman–Crippen MR) is 102 cm³/mol. The van der Waals surface area contributed by atoms with Crippen molar-refractivity contribution in [1.82, 2.24) is 14.7 Å². The number of nitrogens with one attached hydrogen (secondary N) is 1. The smallest absolute Gasteiger partial charge is 0.229 e. The van der Waals surface area contributed by atoms with Crippen LogP contribution in [0.25, 0.3) is 5.69 Å². The molecule has 7 heteroatoms. The topological polar surface area (TPSA) is 50.2 Å². The van der Waals surface area contributed by atoms with E-state index in [9.17, 15) is 9.18 Å². The van der Waals surface area contributed by atoms with Crippen LogP contribution in [0, 0.1) is 5.82 Å². The molecule has 0 atom stereocenters. The molecule has 27 heavy (non-hydrogen) atoms. The maximum absolute atomic E-state index is 13.1. The number of aromatic nitrogens is 2. The van der Waals surface area contributed by atoms with Gasteiger partial charge in [0, 0.05) is 23.7 Å². The maximum Gasteiger partial charge on any atom is 0.229 e. The van der Waals surface area contributed by atoms with Crippen LogP contribution in [0.5, 0.6) is 0 Å². The lowest BCUT2D eigenvalue weighted by atomic mass is 10.1. The van der Waals surface area contributed by atoms with Gasteiger partial charge in [-0.3, -0.25) is 9.69 Å². The molecule has 4 rings (SSSR count). The highest BCUT2D eigenvalue weighted by molar-refractivity contribution is 6.30. The molecule has 0 saturated carbocycles. The van der Waals surface area contributed by atoms with Crippen molar-refractivity contribution in [2.24, 2.45) is 0 Å². The van der Waals surface area contributed by atoms with Gasteiger partial charge >= 0.3 is 0 Å². The number of hydrogen-bond donors (Lipinski definition) is 1. The van der Waals surface area contributed by atoms with E-state index in [2.05, 4.69) is 15.3 Å². The van der Waals surface area contributed by atoms with E-state index in [4.69, 9.17) is 11.6 Å². The summed E-state index contributed by atoms with van der Waals surface area (Å²) < 4.78 is 14.8. The number of nitrogens with zero attached hydrogens (tertiary/aromatic N) is 3. The Labute approximate surface area is 161 Å². The standard InChI is InChI=1S/C20H18ClFN4O/c1-25-11-17-18(12-25)24-26(16-8-4-14(21)5-9-16)20(17)23-19(27)10-13-2-6-15(22)7-3-13/h2-9H,10-12H2,1H3,(H,23,27). The first-order valence-corrected chi connectivity index (χ1v) is 8.97. The first-order chi connectivity index (χ1) is 13.0. The van der Waals surface area contributed by atoms with Gasteiger partial charge < -0.3 is 5.32 Å². The Balaban J connectivity index is 1.63. The van der Waals surface area contributed by atoms with Crippen molar-refractivity contribution >= 4 is 23.3 Å². The minimum absolute atomic E-state index is 0.163. The van der Waals surface area contributed by atoms with Crippen LogP contribution < -0.4 is 5.32 Å². The van der Waals surface area contributed by atoms with E-state index in [1.807, 2.05) is 19.2 Å². The summed E-state index contributed by atoms with van der Waals surface area (Å²) in [6.45, 7) is 1.45. The van der Waals surface area contributed by atoms with Gasteiger partial charge in [0.25, 0.3) is 0 Å². The van der Waals surface area contributed by atoms with Crippen LogP contribution in [0.1, 0.15) is 16.8 Å². The lowest BCUT2D eigenvalue weighted by Crippen LogP contribution is -2.19. The van der Waals surface area contributed by atoms with Crippen molar-refractivity contribution in [2.45, 2.75) is 19.5 Å². The molecule has 1 aromatic heterocycles. The van der Waals surface area contributed by atoms with E-state index < -0.39 is 0 Å². The molecular weight excluding hydrogens is 367 g/mol. The second-order valence-electron chi connectivity index (χ2n) is 6.69. The van der Waals surface area contributed by atoms with E-state index in [-0.39, 0.29) is 18.1 Å². The number of amides is 1. The Hall–Kier alpha value is -2.70. The van der Waals surface area contributed by atoms with Crippen LogP contribution in [0.3, 0.4) is 0 Å². The average Bonchev–Trinajstić information content (AvgIpc) is 3.15. The normalized spacial score (nSPS) is 13.6. The molecule has 0 unspecified atom stereocenters. The summed E-state index contributed by atoms with van der Waals surface area (Å²) in [6.07, 6.45) is 0.163. The summed E-state index contributed by atoms with van der Waals surface area (Å²) in [4.78, 5) is 14.7. The van der Waals surface area contributed by atoms with E-state index in [1.54, 1.807) is 28.9 Å². The Morgan fingerprint density at radius 2 is 1.85 bits per heavy atom. The van der Waals surface area contributed by atoms with Crippen molar-refractivity contribution in [2.75, 3.05) is 12.4 Å². The van der Waals surface area contributed by atoms with E-state index >= 15 is 0 Å². The molecule has 0 saturated heterocycles. The minimum Gasteiger partial charge on any atom is -0.310 e. The zero-order chi connectivity index (χ0) is 19.0. The molecule has 0 aliphatic carbocycles. The third kappa shape index (κ3) is 3.72. The summed E-state index contributed by atoms with van der Waals surface area (Å²) in [5.74, 6) is 0.179. The van der Waals surface area contributed by atoms with Crippen LogP contribution in [0.2, 0.25) is 5.02 Å². The molecule has 138 valence electrons. The van der Waals surface area contributed by atoms with E-state index in [0.717, 1.165) is 35.6 Å². The zero-order valence-electron chi connectivity index (χ0n) is 14.7. The Bertz CT molecular complexity index is 982. The van der Waals surface area contributed by atoms with Gasteiger partial charge in [-0.15, -0.1) is 0 Å². The molecule has 1 aliphatic heterocycles. The van der Waals surface area contributed by atoms with Gasteiger partial charge in [-0.05, 0) is 49.0 Å². The number of carbonyl (C=O) groups is 1. The fraction of sp³-hybridized carbons (Fsp3) is 0.200. The first-order valence-electron chi connectivity index (χ1n) is 8.59. The van der Waals surface area contributed by atoms with Gasteiger partial charge in [0.1, 0.15) is 11.6 Å². The number of fused-ring (bicyclic) bond motifs is 1. The number of halogens is 2. The zero-order valence-corrected chi connectivity index (χ0v) is 15.5. The number of carbonyl (C=O) groups excluding carboxylic acids is 1. The lowest BCUT2D eigenvalue weighted by molar-refractivity contribution is -0.115. The van der Waals surface area contributed by atoms with Crippen molar-refractivity contribution in [3.63, 3.8) is 0 Å². The quantitative estimate of drug-likeness (QED) is 0.744. The van der Waals surface area contributed by atoms with Crippen LogP contribution in [0.4, 0.5) is 10.2 Å². The van der Waals surface area contributed by atoms with Gasteiger partial charge in [-0.2, -0.15) is 5.10 Å². The highest BCUT2D eigenvalue weighted by Crippen LogP contribution is 2.31. The largest absolute Gasteiger partial charge is 0.310 e. The van der Waals surface area contributed by atoms with Crippen LogP contribution in [-0.2, 0) is 24.3 Å². The SMILES string of the molecule is CN1Cc2nn(-c3ccc(Cl)cc3)c(NC(=O)Cc3ccc(F)cc3)c2C1. The number of rotatable bonds is 4. The Morgan fingerprint density at radius 3 is 2.56 bits per heavy atom. The monoisotopic (exact) mass is 384 g/mol. The fourth-order valence-electron chi connectivity index (χ4n) is 3.23. The molecule has 0 spiro atoms. The molecular formula is C20H18ClFN4O. The summed E-state index contributed by atoms with van der Waals surface area (Å²) in [5, 5.41) is 8.32. The third-order valence-corrected chi connectivity index (χ3v) is 4.77. The molecule has 5 nitrogen and oxygen atoms in total. The molecule has 0 fully saturated rings. The predicted octanol–water partition coefficient (Wildman–Crippen LogP) is 3.79. The molecule has 0 bridgehead atoms. The van der Waals surface area contributed by atoms with E-state index in [0.29, 0.717) is 10.8 Å². The molecule has 2 aromatic carbocycles. The van der Waals surface area contributed by atoms with Crippen molar-refractivity contribution in [3.05, 3.63) is 76.2 Å². The lowest BCUT2D eigenvalue weighted by Gasteiger charge is -2.13. The molecule has 1 N–H and O–H groups in total. The highest BCUT2D eigenvalue weighted by atomic mass is 35.5. The maximum atomic E-state index is 13.1. The summed E-state index contributed by atoms with van der Waals surface area (Å²) in [7, 11) is 2.01. The number of anilines is 1. The van der Waals surface area contributed by atoms with Gasteiger partial charge in [0.15, 0.2) is 0 Å². The van der Waals surface area contributed by atoms with Crippen LogP contribution in [-0.4, -0.2) is 27.6 Å². The first kappa shape index (κ1) is 17.7. The summed E-state index contributed by atoms with van der Waals surface area (Å²) >= 11 is 5.99. The third-order valence-electron chi connectivity index (χ3n) is 4.52. The van der Waals surface area contributed by atoms with Gasteiger partial charge in [0.2, 0.25) is 5.91 Å². The van der Waals surface area contributed by atoms with Crippen LogP contribution in [0.15, 0.2) is 48.5 Å². The van der Waals surface area contributed by atoms with Crippen LogP contribution >= 0.6 is 11.6 Å². The highest BCUT2D eigenvalue weighted by Gasteiger charge is 2.27. The molecule has 0 radical (unpaired) electrons. The second-order valence-corrected chi connectivity index (χ2v) is 7.12. The minimum atomic E-state index is -0.319. The van der Waals surface area contributed by atoms with Crippen molar-refractivity contribution in [3.8, 4) is 5.69 Å². The number of hydrogen-bond acceptors (Lipinski definition) is 3. The van der Waals surface area contributed by atoms with Gasteiger partial charge in [0.05, 0.1) is 17.8 Å². The van der Waals surface area contributed by atoms with Crippen molar-refractivity contribution in [1.29, 1.82) is 0 Å². The summed E-state index contributed by atoms with van der Waals surface area (Å²) in [6, 6.07) is 13.3. The summed E-state index contributed by atoms with van der Waals surface area (Å²) in [5.41, 5.74) is 3.54.